The van der Waals surface area contributed by atoms with Crippen LogP contribution in [0.25, 0.3) is 0 Å². The first-order valence-electron chi connectivity index (χ1n) is 6.14. The van der Waals surface area contributed by atoms with Crippen molar-refractivity contribution in [2.45, 2.75) is 46.1 Å². The zero-order valence-corrected chi connectivity index (χ0v) is 10.8. The third kappa shape index (κ3) is 4.10. The Morgan fingerprint density at radius 3 is 2.71 bits per heavy atom. The Morgan fingerprint density at radius 1 is 1.41 bits per heavy atom. The Hall–Kier alpha value is -1.51. The van der Waals surface area contributed by atoms with Crippen LogP contribution < -0.4 is 5.73 Å². The highest BCUT2D eigenvalue weighted by molar-refractivity contribution is 5.95. The lowest BCUT2D eigenvalue weighted by Gasteiger charge is -2.11. The van der Waals surface area contributed by atoms with Crippen molar-refractivity contribution in [3.8, 4) is 0 Å². The Morgan fingerprint density at radius 2 is 2.12 bits per heavy atom. The third-order valence-corrected chi connectivity index (χ3v) is 2.50. The number of hydrogen-bond donors (Lipinski definition) is 1. The van der Waals surface area contributed by atoms with Gasteiger partial charge in [0.15, 0.2) is 0 Å². The molecule has 0 heterocycles. The fourth-order valence-corrected chi connectivity index (χ4v) is 1.59. The molecule has 0 aliphatic carbocycles. The maximum absolute atomic E-state index is 11.8. The van der Waals surface area contributed by atoms with Crippen LogP contribution >= 0.6 is 0 Å². The molecule has 0 radical (unpaired) electrons. The fraction of sp³-hybridized carbons (Fsp3) is 0.500. The molecule has 0 saturated heterocycles. The van der Waals surface area contributed by atoms with Gasteiger partial charge in [0.05, 0.1) is 11.7 Å². The predicted octanol–water partition coefficient (Wildman–Crippen LogP) is 3.18. The van der Waals surface area contributed by atoms with Gasteiger partial charge in [0.1, 0.15) is 0 Å². The van der Waals surface area contributed by atoms with E-state index in [1.165, 1.54) is 0 Å². The molecule has 1 aromatic carbocycles. The Bertz CT molecular complexity index is 386. The van der Waals surface area contributed by atoms with E-state index < -0.39 is 0 Å². The highest BCUT2D eigenvalue weighted by Gasteiger charge is 2.13. The first kappa shape index (κ1) is 13.6. The highest BCUT2D eigenvalue weighted by atomic mass is 16.5. The van der Waals surface area contributed by atoms with E-state index in [1.807, 2.05) is 26.0 Å². The van der Waals surface area contributed by atoms with E-state index >= 15 is 0 Å². The van der Waals surface area contributed by atoms with Gasteiger partial charge in [0, 0.05) is 5.69 Å². The topological polar surface area (TPSA) is 52.3 Å². The number of carbonyl (C=O) groups is 1. The summed E-state index contributed by atoms with van der Waals surface area (Å²) in [6, 6.07) is 5.59. The van der Waals surface area contributed by atoms with Crippen LogP contribution in [-0.2, 0) is 11.2 Å². The Balaban J connectivity index is 2.86. The molecule has 0 saturated carbocycles. The minimum absolute atomic E-state index is 0.124. The average molecular weight is 235 g/mol. The molecular weight excluding hydrogens is 214 g/mol. The number of benzene rings is 1. The highest BCUT2D eigenvalue weighted by Crippen LogP contribution is 2.17. The van der Waals surface area contributed by atoms with Gasteiger partial charge < -0.3 is 10.5 Å². The van der Waals surface area contributed by atoms with Crippen LogP contribution in [0, 0.1) is 0 Å². The monoisotopic (exact) mass is 235 g/mol. The SMILES string of the molecule is CCCCc1ccc(N)c(C(=O)OC(C)C)c1. The summed E-state index contributed by atoms with van der Waals surface area (Å²) < 4.78 is 5.16. The van der Waals surface area contributed by atoms with Crippen LogP contribution in [0.15, 0.2) is 18.2 Å². The summed E-state index contributed by atoms with van der Waals surface area (Å²) in [6.07, 6.45) is 3.10. The number of carbonyl (C=O) groups excluding carboxylic acids is 1. The van der Waals surface area contributed by atoms with Crippen molar-refractivity contribution in [3.63, 3.8) is 0 Å². The van der Waals surface area contributed by atoms with Crippen molar-refractivity contribution < 1.29 is 9.53 Å². The number of hydrogen-bond acceptors (Lipinski definition) is 3. The van der Waals surface area contributed by atoms with E-state index in [2.05, 4.69) is 6.92 Å². The lowest BCUT2D eigenvalue weighted by molar-refractivity contribution is 0.0379. The summed E-state index contributed by atoms with van der Waals surface area (Å²) in [4.78, 5) is 11.8. The number of esters is 1. The van der Waals surface area contributed by atoms with Crippen molar-refractivity contribution in [2.24, 2.45) is 0 Å². The van der Waals surface area contributed by atoms with Crippen LogP contribution in [-0.4, -0.2) is 12.1 Å². The average Bonchev–Trinajstić information content (AvgIpc) is 2.27. The van der Waals surface area contributed by atoms with Gasteiger partial charge in [-0.05, 0) is 44.4 Å². The third-order valence-electron chi connectivity index (χ3n) is 2.50. The molecule has 0 unspecified atom stereocenters. The molecule has 0 atom stereocenters. The lowest BCUT2D eigenvalue weighted by Crippen LogP contribution is -2.13. The van der Waals surface area contributed by atoms with Crippen molar-refractivity contribution in [2.75, 3.05) is 5.73 Å². The largest absolute Gasteiger partial charge is 0.459 e. The molecule has 0 spiro atoms. The van der Waals surface area contributed by atoms with Crippen molar-refractivity contribution in [3.05, 3.63) is 29.3 Å². The second-order valence-corrected chi connectivity index (χ2v) is 4.48. The molecule has 3 heteroatoms. The van der Waals surface area contributed by atoms with E-state index in [4.69, 9.17) is 10.5 Å². The van der Waals surface area contributed by atoms with Gasteiger partial charge in [-0.2, -0.15) is 0 Å². The van der Waals surface area contributed by atoms with Crippen LogP contribution in [0.3, 0.4) is 0 Å². The number of nitrogens with two attached hydrogens (primary N) is 1. The van der Waals surface area contributed by atoms with Gasteiger partial charge in [-0.1, -0.05) is 19.4 Å². The van der Waals surface area contributed by atoms with Gasteiger partial charge in [0.2, 0.25) is 0 Å². The Labute approximate surface area is 103 Å². The van der Waals surface area contributed by atoms with Gasteiger partial charge in [0.25, 0.3) is 0 Å². The second kappa shape index (κ2) is 6.28. The molecule has 17 heavy (non-hydrogen) atoms. The quantitative estimate of drug-likeness (QED) is 0.630. The van der Waals surface area contributed by atoms with Gasteiger partial charge in [-0.15, -0.1) is 0 Å². The number of unbranched alkanes of at least 4 members (excludes halogenated alkanes) is 1. The fourth-order valence-electron chi connectivity index (χ4n) is 1.59. The molecule has 0 aliphatic heterocycles. The van der Waals surface area contributed by atoms with E-state index in [0.717, 1.165) is 24.8 Å². The molecule has 1 rings (SSSR count). The molecule has 0 aliphatic rings. The van der Waals surface area contributed by atoms with Crippen LogP contribution in [0.5, 0.6) is 0 Å². The van der Waals surface area contributed by atoms with E-state index in [-0.39, 0.29) is 12.1 Å². The first-order chi connectivity index (χ1) is 8.04. The molecule has 0 aromatic heterocycles. The summed E-state index contributed by atoms with van der Waals surface area (Å²) in [6.45, 7) is 5.80. The summed E-state index contributed by atoms with van der Waals surface area (Å²) in [7, 11) is 0. The smallest absolute Gasteiger partial charge is 0.340 e. The number of nitrogen functional groups attached to an aromatic ring is 1. The zero-order chi connectivity index (χ0) is 12.8. The normalized spacial score (nSPS) is 10.6. The minimum atomic E-state index is -0.337. The maximum Gasteiger partial charge on any atom is 0.340 e. The molecule has 0 bridgehead atoms. The van der Waals surface area contributed by atoms with Gasteiger partial charge in [-0.25, -0.2) is 4.79 Å². The van der Waals surface area contributed by atoms with E-state index in [0.29, 0.717) is 11.3 Å². The first-order valence-corrected chi connectivity index (χ1v) is 6.14. The second-order valence-electron chi connectivity index (χ2n) is 4.48. The van der Waals surface area contributed by atoms with Crippen LogP contribution in [0.2, 0.25) is 0 Å². The van der Waals surface area contributed by atoms with Crippen LogP contribution in [0.1, 0.15) is 49.5 Å². The van der Waals surface area contributed by atoms with E-state index in [9.17, 15) is 4.79 Å². The molecular formula is C14H21NO2. The molecule has 3 nitrogen and oxygen atoms in total. The van der Waals surface area contributed by atoms with Crippen LogP contribution in [0.4, 0.5) is 5.69 Å². The standard InChI is InChI=1S/C14H21NO2/c1-4-5-6-11-7-8-13(15)12(9-11)14(16)17-10(2)3/h7-10H,4-6,15H2,1-3H3. The van der Waals surface area contributed by atoms with Crippen molar-refractivity contribution >= 4 is 11.7 Å². The molecule has 2 N–H and O–H groups in total. The predicted molar refractivity (Wildman–Crippen MR) is 70.0 cm³/mol. The molecule has 0 amide bonds. The van der Waals surface area contributed by atoms with Crippen molar-refractivity contribution in [1.29, 1.82) is 0 Å². The number of ether oxygens (including phenoxy) is 1. The lowest BCUT2D eigenvalue weighted by atomic mass is 10.0. The number of rotatable bonds is 5. The number of anilines is 1. The molecule has 1 aromatic rings. The summed E-state index contributed by atoms with van der Waals surface area (Å²) in [5, 5.41) is 0. The minimum Gasteiger partial charge on any atom is -0.459 e. The zero-order valence-electron chi connectivity index (χ0n) is 10.8. The summed E-state index contributed by atoms with van der Waals surface area (Å²) in [5.41, 5.74) is 7.89. The maximum atomic E-state index is 11.8. The van der Waals surface area contributed by atoms with Gasteiger partial charge >= 0.3 is 5.97 Å². The van der Waals surface area contributed by atoms with Crippen molar-refractivity contribution in [1.82, 2.24) is 0 Å². The Kier molecular flexibility index (Phi) is 5.01. The molecule has 94 valence electrons. The van der Waals surface area contributed by atoms with Gasteiger partial charge in [-0.3, -0.25) is 0 Å². The summed E-state index contributed by atoms with van der Waals surface area (Å²) in [5.74, 6) is -0.337. The molecule has 0 fully saturated rings. The summed E-state index contributed by atoms with van der Waals surface area (Å²) >= 11 is 0. The van der Waals surface area contributed by atoms with E-state index in [1.54, 1.807) is 6.07 Å². The number of aryl methyl sites for hydroxylation is 1.